The number of benzene rings is 2. The number of hydrogen-bond acceptors (Lipinski definition) is 6. The summed E-state index contributed by atoms with van der Waals surface area (Å²) in [7, 11) is 0. The highest BCUT2D eigenvalue weighted by Gasteiger charge is 2.38. The second-order valence-electron chi connectivity index (χ2n) is 8.38. The van der Waals surface area contributed by atoms with Gasteiger partial charge < -0.3 is 26.6 Å². The van der Waals surface area contributed by atoms with E-state index in [1.807, 2.05) is 30.5 Å². The fraction of sp³-hybridized carbons (Fsp3) is 0.333. The van der Waals surface area contributed by atoms with Gasteiger partial charge in [-0.2, -0.15) is 31.4 Å². The Morgan fingerprint density at radius 2 is 1.57 bits per heavy atom. The maximum atomic E-state index is 11.6. The van der Waals surface area contributed by atoms with E-state index in [1.54, 1.807) is 10.7 Å². The van der Waals surface area contributed by atoms with Gasteiger partial charge in [0.15, 0.2) is 0 Å². The van der Waals surface area contributed by atoms with Crippen molar-refractivity contribution in [1.29, 1.82) is 0 Å². The van der Waals surface area contributed by atoms with Crippen LogP contribution in [0.4, 0.5) is 26.3 Å². The van der Waals surface area contributed by atoms with Crippen LogP contribution in [0, 0.1) is 0 Å². The molecule has 1 saturated heterocycles. The zero-order chi connectivity index (χ0) is 30.1. The number of piperidine rings is 1. The Labute approximate surface area is 222 Å². The van der Waals surface area contributed by atoms with Gasteiger partial charge in [0.2, 0.25) is 0 Å². The summed E-state index contributed by atoms with van der Waals surface area (Å²) in [5.41, 5.74) is 8.73. The number of carboxylic acid groups (broad SMARTS) is 2. The first-order valence-electron chi connectivity index (χ1n) is 11.5. The number of nitrogens with two attached hydrogens (primary N) is 1. The van der Waals surface area contributed by atoms with Gasteiger partial charge in [-0.3, -0.25) is 4.79 Å². The molecular formula is C24H25F6N5O5. The van der Waals surface area contributed by atoms with Gasteiger partial charge in [-0.15, -0.1) is 0 Å². The summed E-state index contributed by atoms with van der Waals surface area (Å²) in [5, 5.41) is 26.7. The maximum Gasteiger partial charge on any atom is 0.490 e. The number of amides is 1. The minimum atomic E-state index is -5.08. The summed E-state index contributed by atoms with van der Waals surface area (Å²) in [5.74, 6) is -5.97. The topological polar surface area (TPSA) is 160 Å². The number of fused-ring (bicyclic) bond motifs is 1. The van der Waals surface area contributed by atoms with Crippen molar-refractivity contribution in [2.75, 3.05) is 13.1 Å². The Hall–Kier alpha value is -4.18. The molecule has 3 aromatic rings. The van der Waals surface area contributed by atoms with Crippen LogP contribution in [0.15, 0.2) is 48.7 Å². The van der Waals surface area contributed by atoms with Crippen molar-refractivity contribution < 1.29 is 50.9 Å². The number of aromatic nitrogens is 2. The summed E-state index contributed by atoms with van der Waals surface area (Å²) in [6.45, 7) is 3.03. The standard InChI is InChI=1S/C20H23N5O.2C2HF3O2/c21-20(26)18-5-1-3-15-13-25(24-19(15)18)17-8-6-14(7-9-17)11-23-16-4-2-10-22-12-16;2*3-2(4,5)1(6)7/h1,3,5-9,13,16,22-23H,2,4,10-12H2,(H2,21,26);2*(H,6,7). The van der Waals surface area contributed by atoms with E-state index in [4.69, 9.17) is 25.5 Å². The van der Waals surface area contributed by atoms with Crippen molar-refractivity contribution in [2.45, 2.75) is 37.8 Å². The van der Waals surface area contributed by atoms with E-state index in [1.165, 1.54) is 18.4 Å². The lowest BCUT2D eigenvalue weighted by Crippen LogP contribution is -2.42. The molecule has 4 rings (SSSR count). The molecule has 10 nitrogen and oxygen atoms in total. The second-order valence-corrected chi connectivity index (χ2v) is 8.38. The van der Waals surface area contributed by atoms with Crippen molar-refractivity contribution in [2.24, 2.45) is 5.73 Å². The molecule has 1 aromatic heterocycles. The van der Waals surface area contributed by atoms with Crippen molar-refractivity contribution >= 4 is 28.7 Å². The quantitative estimate of drug-likeness (QED) is 0.289. The van der Waals surface area contributed by atoms with Gasteiger partial charge in [-0.25, -0.2) is 14.3 Å². The summed E-state index contributed by atoms with van der Waals surface area (Å²) in [4.78, 5) is 29.4. The molecule has 0 spiro atoms. The van der Waals surface area contributed by atoms with Gasteiger partial charge in [0.25, 0.3) is 5.91 Å². The highest BCUT2D eigenvalue weighted by Crippen LogP contribution is 2.20. The Morgan fingerprint density at radius 1 is 1.00 bits per heavy atom. The van der Waals surface area contributed by atoms with E-state index in [9.17, 15) is 31.1 Å². The fourth-order valence-electron chi connectivity index (χ4n) is 3.43. The lowest BCUT2D eigenvalue weighted by Gasteiger charge is -2.23. The molecular weight excluding hydrogens is 552 g/mol. The summed E-state index contributed by atoms with van der Waals surface area (Å²) >= 11 is 0. The van der Waals surface area contributed by atoms with Crippen molar-refractivity contribution in [3.8, 4) is 5.69 Å². The Balaban J connectivity index is 0.000000333. The number of alkyl halides is 6. The van der Waals surface area contributed by atoms with Gasteiger partial charge in [0, 0.05) is 30.7 Å². The molecule has 0 aliphatic carbocycles. The third kappa shape index (κ3) is 9.85. The van der Waals surface area contributed by atoms with E-state index in [-0.39, 0.29) is 0 Å². The lowest BCUT2D eigenvalue weighted by molar-refractivity contribution is -0.193. The van der Waals surface area contributed by atoms with Gasteiger partial charge in [-0.1, -0.05) is 24.3 Å². The van der Waals surface area contributed by atoms with Crippen LogP contribution in [0.5, 0.6) is 0 Å². The molecule has 218 valence electrons. The van der Waals surface area contributed by atoms with Gasteiger partial charge in [0.1, 0.15) is 5.52 Å². The number of carbonyl (C=O) groups is 3. The first-order valence-corrected chi connectivity index (χ1v) is 11.5. The molecule has 1 aliphatic rings. The van der Waals surface area contributed by atoms with Gasteiger partial charge >= 0.3 is 24.3 Å². The predicted octanol–water partition coefficient (Wildman–Crippen LogP) is 3.23. The molecule has 0 saturated carbocycles. The first kappa shape index (κ1) is 32.0. The number of carboxylic acids is 2. The minimum absolute atomic E-state index is 0.447. The summed E-state index contributed by atoms with van der Waals surface area (Å²) in [6, 6.07) is 14.3. The Bertz CT molecular complexity index is 1280. The normalized spacial score (nSPS) is 15.3. The number of halogens is 6. The fourth-order valence-corrected chi connectivity index (χ4v) is 3.43. The van der Waals surface area contributed by atoms with Gasteiger partial charge in [0.05, 0.1) is 11.3 Å². The predicted molar refractivity (Wildman–Crippen MR) is 130 cm³/mol. The Morgan fingerprint density at radius 3 is 2.05 bits per heavy atom. The highest BCUT2D eigenvalue weighted by atomic mass is 19.4. The monoisotopic (exact) mass is 577 g/mol. The molecule has 1 amide bonds. The van der Waals surface area contributed by atoms with E-state index in [0.717, 1.165) is 30.7 Å². The molecule has 2 aromatic carbocycles. The van der Waals surface area contributed by atoms with Gasteiger partial charge in [-0.05, 0) is 43.1 Å². The first-order chi connectivity index (χ1) is 18.6. The van der Waals surface area contributed by atoms with Crippen LogP contribution in [-0.2, 0) is 16.1 Å². The zero-order valence-electron chi connectivity index (χ0n) is 20.6. The van der Waals surface area contributed by atoms with E-state index >= 15 is 0 Å². The molecule has 1 unspecified atom stereocenters. The van der Waals surface area contributed by atoms with Crippen LogP contribution < -0.4 is 16.4 Å². The zero-order valence-corrected chi connectivity index (χ0v) is 20.6. The van der Waals surface area contributed by atoms with Crippen LogP contribution in [0.2, 0.25) is 0 Å². The molecule has 6 N–H and O–H groups in total. The van der Waals surface area contributed by atoms with Crippen LogP contribution in [-0.4, -0.2) is 69.3 Å². The largest absolute Gasteiger partial charge is 0.490 e. The molecule has 0 bridgehead atoms. The van der Waals surface area contributed by atoms with E-state index in [0.29, 0.717) is 17.1 Å². The molecule has 40 heavy (non-hydrogen) atoms. The average molecular weight is 577 g/mol. The average Bonchev–Trinajstić information content (AvgIpc) is 3.32. The van der Waals surface area contributed by atoms with E-state index in [2.05, 4.69) is 27.9 Å². The summed E-state index contributed by atoms with van der Waals surface area (Å²) < 4.78 is 65.3. The molecule has 1 fully saturated rings. The number of carbonyl (C=O) groups excluding carboxylic acids is 1. The molecule has 2 heterocycles. The third-order valence-corrected chi connectivity index (χ3v) is 5.38. The minimum Gasteiger partial charge on any atom is -0.475 e. The molecule has 1 atom stereocenters. The van der Waals surface area contributed by atoms with Crippen LogP contribution in [0.1, 0.15) is 28.8 Å². The number of nitrogens with zero attached hydrogens (tertiary/aromatic N) is 2. The molecule has 1 aliphatic heterocycles. The number of primary amides is 1. The lowest BCUT2D eigenvalue weighted by atomic mass is 10.1. The number of hydrogen-bond donors (Lipinski definition) is 5. The maximum absolute atomic E-state index is 11.6. The molecule has 16 heteroatoms. The van der Waals surface area contributed by atoms with Crippen LogP contribution in [0.3, 0.4) is 0 Å². The highest BCUT2D eigenvalue weighted by molar-refractivity contribution is 6.04. The number of nitrogens with one attached hydrogen (secondary N) is 2. The third-order valence-electron chi connectivity index (χ3n) is 5.38. The van der Waals surface area contributed by atoms with E-state index < -0.39 is 30.2 Å². The van der Waals surface area contributed by atoms with Crippen LogP contribution in [0.25, 0.3) is 16.6 Å². The molecule has 0 radical (unpaired) electrons. The SMILES string of the molecule is NC(=O)c1cccc2cn(-c3ccc(CNC4CCCNC4)cc3)nc12.O=C(O)C(F)(F)F.O=C(O)C(F)(F)F. The summed E-state index contributed by atoms with van der Waals surface area (Å²) in [6.07, 6.45) is -5.79. The smallest absolute Gasteiger partial charge is 0.475 e. The number of aliphatic carboxylic acids is 2. The van der Waals surface area contributed by atoms with Crippen molar-refractivity contribution in [3.63, 3.8) is 0 Å². The van der Waals surface area contributed by atoms with Crippen molar-refractivity contribution in [1.82, 2.24) is 20.4 Å². The van der Waals surface area contributed by atoms with Crippen molar-refractivity contribution in [3.05, 3.63) is 59.8 Å². The number of rotatable bonds is 5. The second kappa shape index (κ2) is 13.7. The van der Waals surface area contributed by atoms with Crippen LogP contribution >= 0.6 is 0 Å². The Kier molecular flexibility index (Phi) is 11.0.